The first kappa shape index (κ1) is 15.6. The zero-order valence-electron chi connectivity index (χ0n) is 12.6. The van der Waals surface area contributed by atoms with Gasteiger partial charge in [-0.05, 0) is 34.1 Å². The normalized spacial score (nSPS) is 14.2. The van der Waals surface area contributed by atoms with Crippen LogP contribution < -0.4 is 5.32 Å². The maximum Gasteiger partial charge on any atom is 0.0944 e. The minimum absolute atomic E-state index is 0.160. The SMILES string of the molecule is CNC(CCN(C)C)Cc1nc(C(C)(C)C)cs1. The predicted molar refractivity (Wildman–Crippen MR) is 80.5 cm³/mol. The van der Waals surface area contributed by atoms with Crippen LogP contribution in [0.2, 0.25) is 0 Å². The smallest absolute Gasteiger partial charge is 0.0944 e. The summed E-state index contributed by atoms with van der Waals surface area (Å²) in [5, 5.41) is 6.84. The van der Waals surface area contributed by atoms with E-state index < -0.39 is 0 Å². The molecule has 104 valence electrons. The fraction of sp³-hybridized carbons (Fsp3) is 0.786. The van der Waals surface area contributed by atoms with Gasteiger partial charge in [-0.2, -0.15) is 0 Å². The van der Waals surface area contributed by atoms with Crippen molar-refractivity contribution >= 4 is 11.3 Å². The molecule has 0 spiro atoms. The van der Waals surface area contributed by atoms with Crippen molar-refractivity contribution in [2.45, 2.75) is 45.1 Å². The van der Waals surface area contributed by atoms with Gasteiger partial charge in [0.15, 0.2) is 0 Å². The van der Waals surface area contributed by atoms with Crippen LogP contribution in [0.4, 0.5) is 0 Å². The Labute approximate surface area is 116 Å². The highest BCUT2D eigenvalue weighted by molar-refractivity contribution is 7.09. The number of hydrogen-bond acceptors (Lipinski definition) is 4. The zero-order chi connectivity index (χ0) is 13.8. The van der Waals surface area contributed by atoms with Gasteiger partial charge >= 0.3 is 0 Å². The molecule has 1 unspecified atom stereocenters. The average Bonchev–Trinajstić information content (AvgIpc) is 2.71. The van der Waals surface area contributed by atoms with Gasteiger partial charge < -0.3 is 10.2 Å². The molecular weight excluding hydrogens is 242 g/mol. The molecule has 18 heavy (non-hydrogen) atoms. The quantitative estimate of drug-likeness (QED) is 0.860. The third-order valence-electron chi connectivity index (χ3n) is 3.07. The average molecular weight is 269 g/mol. The molecule has 0 amide bonds. The van der Waals surface area contributed by atoms with Crippen LogP contribution in [0.5, 0.6) is 0 Å². The fourth-order valence-electron chi connectivity index (χ4n) is 1.72. The van der Waals surface area contributed by atoms with Crippen molar-refractivity contribution in [3.63, 3.8) is 0 Å². The van der Waals surface area contributed by atoms with Crippen molar-refractivity contribution in [1.29, 1.82) is 0 Å². The standard InChI is InChI=1S/C14H27N3S/c1-14(2,3)12-10-18-13(16-12)9-11(15-4)7-8-17(5)6/h10-11,15H,7-9H2,1-6H3. The second-order valence-corrected chi connectivity index (χ2v) is 7.10. The van der Waals surface area contributed by atoms with Crippen molar-refractivity contribution in [2.24, 2.45) is 0 Å². The number of rotatable bonds is 6. The summed E-state index contributed by atoms with van der Waals surface area (Å²) in [4.78, 5) is 6.99. The summed E-state index contributed by atoms with van der Waals surface area (Å²) >= 11 is 1.79. The van der Waals surface area contributed by atoms with E-state index in [1.54, 1.807) is 11.3 Å². The van der Waals surface area contributed by atoms with Gasteiger partial charge in [0, 0.05) is 23.3 Å². The lowest BCUT2D eigenvalue weighted by Crippen LogP contribution is -2.31. The van der Waals surface area contributed by atoms with E-state index in [9.17, 15) is 0 Å². The first-order chi connectivity index (χ1) is 8.32. The second kappa shape index (κ2) is 6.64. The molecule has 1 aromatic rings. The molecule has 0 aliphatic heterocycles. The number of aromatic nitrogens is 1. The van der Waals surface area contributed by atoms with Gasteiger partial charge in [-0.3, -0.25) is 0 Å². The topological polar surface area (TPSA) is 28.2 Å². The van der Waals surface area contributed by atoms with Crippen molar-refractivity contribution in [3.8, 4) is 0 Å². The van der Waals surface area contributed by atoms with E-state index in [-0.39, 0.29) is 5.41 Å². The van der Waals surface area contributed by atoms with Gasteiger partial charge in [0.05, 0.1) is 10.7 Å². The zero-order valence-corrected chi connectivity index (χ0v) is 13.4. The number of hydrogen-bond donors (Lipinski definition) is 1. The van der Waals surface area contributed by atoms with E-state index in [1.807, 2.05) is 7.05 Å². The molecule has 1 heterocycles. The van der Waals surface area contributed by atoms with Crippen LogP contribution in [0, 0.1) is 0 Å². The van der Waals surface area contributed by atoms with Gasteiger partial charge in [-0.15, -0.1) is 11.3 Å². The Kier molecular flexibility index (Phi) is 5.76. The van der Waals surface area contributed by atoms with E-state index in [0.717, 1.165) is 19.4 Å². The molecule has 0 aliphatic rings. The minimum atomic E-state index is 0.160. The Bertz CT molecular complexity index is 352. The van der Waals surface area contributed by atoms with Crippen LogP contribution in [0.15, 0.2) is 5.38 Å². The number of thiazole rings is 1. The molecule has 0 aliphatic carbocycles. The first-order valence-electron chi connectivity index (χ1n) is 6.60. The van der Waals surface area contributed by atoms with Crippen LogP contribution in [0.25, 0.3) is 0 Å². The molecule has 1 aromatic heterocycles. The molecular formula is C14H27N3S. The highest BCUT2D eigenvalue weighted by Gasteiger charge is 2.18. The summed E-state index contributed by atoms with van der Waals surface area (Å²) < 4.78 is 0. The maximum absolute atomic E-state index is 4.76. The van der Waals surface area contributed by atoms with Crippen LogP contribution >= 0.6 is 11.3 Å². The van der Waals surface area contributed by atoms with Crippen LogP contribution in [-0.4, -0.2) is 43.6 Å². The minimum Gasteiger partial charge on any atom is -0.317 e. The molecule has 0 saturated carbocycles. The molecule has 0 aromatic carbocycles. The lowest BCUT2D eigenvalue weighted by atomic mass is 9.93. The molecule has 0 saturated heterocycles. The first-order valence-corrected chi connectivity index (χ1v) is 7.47. The molecule has 1 N–H and O–H groups in total. The third kappa shape index (κ3) is 5.04. The summed E-state index contributed by atoms with van der Waals surface area (Å²) in [6, 6.07) is 0.520. The molecule has 1 rings (SSSR count). The lowest BCUT2D eigenvalue weighted by Gasteiger charge is -2.18. The Morgan fingerprint density at radius 1 is 1.39 bits per heavy atom. The Morgan fingerprint density at radius 2 is 2.06 bits per heavy atom. The Hall–Kier alpha value is -0.450. The molecule has 0 radical (unpaired) electrons. The second-order valence-electron chi connectivity index (χ2n) is 6.16. The summed E-state index contributed by atoms with van der Waals surface area (Å²) in [6.07, 6.45) is 2.19. The summed E-state index contributed by atoms with van der Waals surface area (Å²) in [5.41, 5.74) is 1.37. The van der Waals surface area contributed by atoms with Crippen molar-refractivity contribution in [3.05, 3.63) is 16.1 Å². The van der Waals surface area contributed by atoms with Crippen LogP contribution in [0.3, 0.4) is 0 Å². The lowest BCUT2D eigenvalue weighted by molar-refractivity contribution is 0.364. The maximum atomic E-state index is 4.76. The molecule has 0 bridgehead atoms. The fourth-order valence-corrected chi connectivity index (χ4v) is 2.82. The van der Waals surface area contributed by atoms with E-state index in [2.05, 4.69) is 50.5 Å². The molecule has 3 nitrogen and oxygen atoms in total. The summed E-state index contributed by atoms with van der Waals surface area (Å²) in [7, 11) is 6.28. The van der Waals surface area contributed by atoms with E-state index in [0.29, 0.717) is 6.04 Å². The Morgan fingerprint density at radius 3 is 2.50 bits per heavy atom. The van der Waals surface area contributed by atoms with E-state index in [1.165, 1.54) is 10.7 Å². The molecule has 0 fully saturated rings. The number of likely N-dealkylation sites (N-methyl/N-ethyl adjacent to an activating group) is 1. The van der Waals surface area contributed by atoms with E-state index >= 15 is 0 Å². The highest BCUT2D eigenvalue weighted by Crippen LogP contribution is 2.24. The van der Waals surface area contributed by atoms with Crippen LogP contribution in [0.1, 0.15) is 37.9 Å². The molecule has 4 heteroatoms. The predicted octanol–water partition coefficient (Wildman–Crippen LogP) is 2.52. The van der Waals surface area contributed by atoms with Crippen LogP contribution in [-0.2, 0) is 11.8 Å². The van der Waals surface area contributed by atoms with Gasteiger partial charge in [0.2, 0.25) is 0 Å². The van der Waals surface area contributed by atoms with Gasteiger partial charge in [-0.1, -0.05) is 20.8 Å². The summed E-state index contributed by atoms with van der Waals surface area (Å²) in [5.74, 6) is 0. The Balaban J connectivity index is 2.57. The van der Waals surface area contributed by atoms with Crippen molar-refractivity contribution in [2.75, 3.05) is 27.7 Å². The third-order valence-corrected chi connectivity index (χ3v) is 3.95. The highest BCUT2D eigenvalue weighted by atomic mass is 32.1. The number of nitrogens with one attached hydrogen (secondary N) is 1. The van der Waals surface area contributed by atoms with Gasteiger partial charge in [-0.25, -0.2) is 4.98 Å². The molecule has 1 atom stereocenters. The van der Waals surface area contributed by atoms with Gasteiger partial charge in [0.1, 0.15) is 0 Å². The monoisotopic (exact) mass is 269 g/mol. The summed E-state index contributed by atoms with van der Waals surface area (Å²) in [6.45, 7) is 7.76. The largest absolute Gasteiger partial charge is 0.317 e. The van der Waals surface area contributed by atoms with Crippen molar-refractivity contribution < 1.29 is 0 Å². The van der Waals surface area contributed by atoms with E-state index in [4.69, 9.17) is 4.98 Å². The van der Waals surface area contributed by atoms with Gasteiger partial charge in [0.25, 0.3) is 0 Å². The number of nitrogens with zero attached hydrogens (tertiary/aromatic N) is 2. The van der Waals surface area contributed by atoms with Crippen molar-refractivity contribution in [1.82, 2.24) is 15.2 Å².